The second kappa shape index (κ2) is 10.0. The van der Waals surface area contributed by atoms with Crippen molar-refractivity contribution in [1.82, 2.24) is 25.4 Å². The largest absolute Gasteiger partial charge is 0.481 e. The zero-order valence-corrected chi connectivity index (χ0v) is 21.5. The summed E-state index contributed by atoms with van der Waals surface area (Å²) in [6.45, 7) is 0.278. The molecule has 4 heterocycles. The summed E-state index contributed by atoms with van der Waals surface area (Å²) in [7, 11) is 1.50. The average Bonchev–Trinajstić information content (AvgIpc) is 3.50. The van der Waals surface area contributed by atoms with Crippen molar-refractivity contribution in [2.24, 2.45) is 5.41 Å². The Bertz CT molecular complexity index is 1390. The number of carbonyl (C=O) groups excluding carboxylic acids is 2. The number of hydrogen-bond donors (Lipinski definition) is 2. The van der Waals surface area contributed by atoms with Crippen LogP contribution in [0.4, 0.5) is 0 Å². The van der Waals surface area contributed by atoms with Crippen LogP contribution in [-0.2, 0) is 11.3 Å². The Kier molecular flexibility index (Phi) is 6.80. The number of aromatic amines is 1. The van der Waals surface area contributed by atoms with Gasteiger partial charge in [-0.05, 0) is 49.4 Å². The number of carbonyl (C=O) groups is 2. The minimum Gasteiger partial charge on any atom is -0.481 e. The number of H-pyrrole nitrogens is 1. The molecule has 2 unspecified atom stereocenters. The molecule has 5 rings (SSSR count). The van der Waals surface area contributed by atoms with Crippen LogP contribution in [0.15, 0.2) is 42.6 Å². The number of nitriles is 1. The topological polar surface area (TPSA) is 124 Å². The first-order valence-corrected chi connectivity index (χ1v) is 12.6. The maximum atomic E-state index is 13.5. The number of benzene rings is 1. The molecule has 1 aromatic carbocycles. The number of pyridine rings is 1. The highest BCUT2D eigenvalue weighted by molar-refractivity contribution is 6.33. The Hall–Kier alpha value is -3.61. The summed E-state index contributed by atoms with van der Waals surface area (Å²) in [5.41, 5.74) is 1.05. The van der Waals surface area contributed by atoms with Crippen molar-refractivity contribution in [1.29, 1.82) is 5.26 Å². The lowest BCUT2D eigenvalue weighted by atomic mass is 9.75. The van der Waals surface area contributed by atoms with E-state index in [9.17, 15) is 14.9 Å². The van der Waals surface area contributed by atoms with Crippen LogP contribution < -0.4 is 10.1 Å². The maximum Gasteiger partial charge on any atom is 0.272 e. The zero-order valence-electron chi connectivity index (χ0n) is 20.0. The summed E-state index contributed by atoms with van der Waals surface area (Å²) in [6.07, 6.45) is 3.49. The van der Waals surface area contributed by atoms with Crippen molar-refractivity contribution in [3.63, 3.8) is 0 Å². The van der Waals surface area contributed by atoms with Gasteiger partial charge in [-0.15, -0.1) is 0 Å². The highest BCUT2D eigenvalue weighted by Crippen LogP contribution is 2.46. The van der Waals surface area contributed by atoms with Crippen molar-refractivity contribution >= 4 is 35.0 Å². The van der Waals surface area contributed by atoms with Gasteiger partial charge in [0.1, 0.15) is 11.1 Å². The number of nitrogens with zero attached hydrogens (tertiary/aromatic N) is 4. The van der Waals surface area contributed by atoms with Gasteiger partial charge >= 0.3 is 0 Å². The van der Waals surface area contributed by atoms with E-state index in [-0.39, 0.29) is 43.3 Å². The number of piperidine rings is 1. The molecule has 37 heavy (non-hydrogen) atoms. The molecular weight excluding hydrogens is 515 g/mol. The van der Waals surface area contributed by atoms with Crippen LogP contribution in [0, 0.1) is 16.7 Å². The molecule has 2 aliphatic heterocycles. The fraction of sp³-hybridized carbons (Fsp3) is 0.346. The van der Waals surface area contributed by atoms with E-state index in [1.54, 1.807) is 29.2 Å². The summed E-state index contributed by atoms with van der Waals surface area (Å²) in [4.78, 5) is 32.6. The molecule has 0 radical (unpaired) electrons. The van der Waals surface area contributed by atoms with Gasteiger partial charge in [-0.1, -0.05) is 35.3 Å². The van der Waals surface area contributed by atoms with Gasteiger partial charge in [0.05, 0.1) is 30.1 Å². The van der Waals surface area contributed by atoms with E-state index in [2.05, 4.69) is 26.6 Å². The third kappa shape index (κ3) is 4.75. The molecule has 2 saturated heterocycles. The van der Waals surface area contributed by atoms with E-state index >= 15 is 0 Å². The van der Waals surface area contributed by atoms with E-state index in [1.807, 2.05) is 12.1 Å². The second-order valence-corrected chi connectivity index (χ2v) is 10.2. The van der Waals surface area contributed by atoms with Crippen LogP contribution >= 0.6 is 23.2 Å². The van der Waals surface area contributed by atoms with Crippen LogP contribution in [0.2, 0.25) is 10.0 Å². The minimum atomic E-state index is -1.19. The summed E-state index contributed by atoms with van der Waals surface area (Å²) in [6, 6.07) is 12.4. The highest BCUT2D eigenvalue weighted by atomic mass is 35.5. The molecule has 3 aromatic rings. The number of methoxy groups -OCH3 is 1. The number of rotatable bonds is 6. The molecule has 2 bridgehead atoms. The quantitative estimate of drug-likeness (QED) is 0.479. The van der Waals surface area contributed by atoms with Gasteiger partial charge in [0.25, 0.3) is 5.91 Å². The van der Waals surface area contributed by atoms with Gasteiger partial charge < -0.3 is 15.0 Å². The summed E-state index contributed by atoms with van der Waals surface area (Å²) in [5.74, 6) is -0.149. The zero-order chi connectivity index (χ0) is 26.2. The Balaban J connectivity index is 1.31. The first-order valence-electron chi connectivity index (χ1n) is 11.9. The van der Waals surface area contributed by atoms with Crippen molar-refractivity contribution in [3.05, 3.63) is 63.9 Å². The van der Waals surface area contributed by atoms with Gasteiger partial charge in [0, 0.05) is 35.3 Å². The molecule has 9 nitrogen and oxygen atoms in total. The van der Waals surface area contributed by atoms with E-state index in [0.29, 0.717) is 32.9 Å². The Morgan fingerprint density at radius 1 is 1.24 bits per heavy atom. The van der Waals surface area contributed by atoms with Crippen LogP contribution in [0.5, 0.6) is 5.88 Å². The number of ether oxygens (including phenoxy) is 1. The lowest BCUT2D eigenvalue weighted by molar-refractivity contribution is -0.131. The van der Waals surface area contributed by atoms with Crippen molar-refractivity contribution in [3.8, 4) is 23.2 Å². The number of aromatic nitrogens is 3. The number of fused-ring (bicyclic) bond motifs is 2. The van der Waals surface area contributed by atoms with Gasteiger partial charge in [0.15, 0.2) is 0 Å². The fourth-order valence-corrected chi connectivity index (χ4v) is 5.76. The molecule has 2 atom stereocenters. The van der Waals surface area contributed by atoms with Gasteiger partial charge in [-0.3, -0.25) is 14.7 Å². The number of amides is 2. The molecule has 2 N–H and O–H groups in total. The fourth-order valence-electron chi connectivity index (χ4n) is 5.34. The standard InChI is InChI=1S/C26H24Cl2N6O3/c1-37-23-8-19(20(28)13-30-23)21-9-22(33-32-21)24(35)34-17-5-6-18(34)11-26(10-17,14-29)25(36)31-12-15-3-2-4-16(27)7-15/h2-4,7-9,13,17-18H,5-6,10-12H2,1H3,(H,31,36)(H,32,33). The molecular formula is C26H24Cl2N6O3. The number of halogens is 2. The SMILES string of the molecule is COc1cc(-c2cc(C(=O)N3C4CCC3CC(C#N)(C(=O)NCc3cccc(Cl)c3)C4)[nH]n2)c(Cl)cn1. The van der Waals surface area contributed by atoms with Gasteiger partial charge in [-0.25, -0.2) is 4.98 Å². The molecule has 2 aliphatic rings. The van der Waals surface area contributed by atoms with Crippen LogP contribution in [0.1, 0.15) is 41.7 Å². The van der Waals surface area contributed by atoms with E-state index in [1.165, 1.54) is 13.3 Å². The molecule has 11 heteroatoms. The lowest BCUT2D eigenvalue weighted by Gasteiger charge is -2.42. The summed E-state index contributed by atoms with van der Waals surface area (Å²) >= 11 is 12.3. The second-order valence-electron chi connectivity index (χ2n) is 9.39. The van der Waals surface area contributed by atoms with E-state index in [0.717, 1.165) is 18.4 Å². The third-order valence-corrected chi connectivity index (χ3v) is 7.67. The molecule has 2 fully saturated rings. The van der Waals surface area contributed by atoms with E-state index < -0.39 is 5.41 Å². The lowest BCUT2D eigenvalue weighted by Crippen LogP contribution is -2.54. The average molecular weight is 539 g/mol. The molecule has 0 saturated carbocycles. The molecule has 0 spiro atoms. The Morgan fingerprint density at radius 2 is 2.00 bits per heavy atom. The number of nitrogens with one attached hydrogen (secondary N) is 2. The predicted molar refractivity (Wildman–Crippen MR) is 137 cm³/mol. The summed E-state index contributed by atoms with van der Waals surface area (Å²) < 4.78 is 5.17. The molecule has 190 valence electrons. The predicted octanol–water partition coefficient (Wildman–Crippen LogP) is 4.38. The highest BCUT2D eigenvalue weighted by Gasteiger charge is 2.54. The van der Waals surface area contributed by atoms with Crippen LogP contribution in [0.3, 0.4) is 0 Å². The maximum absolute atomic E-state index is 13.5. The molecule has 0 aliphatic carbocycles. The Labute approximate surface area is 223 Å². The Morgan fingerprint density at radius 3 is 2.68 bits per heavy atom. The third-order valence-electron chi connectivity index (χ3n) is 7.14. The van der Waals surface area contributed by atoms with Crippen molar-refractivity contribution < 1.29 is 14.3 Å². The molecule has 2 aromatic heterocycles. The van der Waals surface area contributed by atoms with Gasteiger partial charge in [0.2, 0.25) is 11.8 Å². The minimum absolute atomic E-state index is 0.214. The number of hydrogen-bond acceptors (Lipinski definition) is 6. The van der Waals surface area contributed by atoms with Crippen LogP contribution in [0.25, 0.3) is 11.3 Å². The first kappa shape index (κ1) is 25.1. The van der Waals surface area contributed by atoms with Crippen molar-refractivity contribution in [2.45, 2.75) is 44.3 Å². The van der Waals surface area contributed by atoms with Crippen LogP contribution in [-0.4, -0.2) is 51.1 Å². The normalized spacial score (nSPS) is 22.4. The smallest absolute Gasteiger partial charge is 0.272 e. The summed E-state index contributed by atoms with van der Waals surface area (Å²) in [5, 5.41) is 21.0. The molecule has 2 amide bonds. The van der Waals surface area contributed by atoms with E-state index in [4.69, 9.17) is 27.9 Å². The van der Waals surface area contributed by atoms with Gasteiger partial charge in [-0.2, -0.15) is 10.4 Å². The first-order chi connectivity index (χ1) is 17.8. The van der Waals surface area contributed by atoms with Crippen molar-refractivity contribution in [2.75, 3.05) is 7.11 Å². The monoisotopic (exact) mass is 538 g/mol.